The third-order valence-corrected chi connectivity index (χ3v) is 4.54. The number of aromatic nitrogens is 1. The van der Waals surface area contributed by atoms with Gasteiger partial charge in [-0.25, -0.2) is 0 Å². The molecule has 0 spiro atoms. The predicted octanol–water partition coefficient (Wildman–Crippen LogP) is 4.81. The van der Waals surface area contributed by atoms with Crippen molar-refractivity contribution in [3.8, 4) is 6.07 Å². The molecule has 0 saturated carbocycles. The van der Waals surface area contributed by atoms with Crippen molar-refractivity contribution in [2.45, 2.75) is 38.5 Å². The lowest BCUT2D eigenvalue weighted by Gasteiger charge is -2.21. The molecule has 0 fully saturated rings. The zero-order chi connectivity index (χ0) is 19.1. The molecule has 0 aliphatic rings. The van der Waals surface area contributed by atoms with Crippen molar-refractivity contribution >= 4 is 10.9 Å². The predicted molar refractivity (Wildman–Crippen MR) is 96.4 cm³/mol. The number of hydrogen-bond donors (Lipinski definition) is 1. The first-order valence-corrected chi connectivity index (χ1v) is 8.15. The highest BCUT2D eigenvalue weighted by Crippen LogP contribution is 2.33. The zero-order valence-corrected chi connectivity index (χ0v) is 14.7. The van der Waals surface area contributed by atoms with Gasteiger partial charge in [0.25, 0.3) is 5.56 Å². The molecule has 0 aliphatic heterocycles. The molecule has 1 atom stereocenters. The first-order valence-electron chi connectivity index (χ1n) is 8.15. The average Bonchev–Trinajstić information content (AvgIpc) is 3.04. The molecule has 6 heteroatoms. The molecular formula is C20H20F2N2O2. The fraction of sp³-hybridized carbons (Fsp3) is 0.300. The number of benzene rings is 1. The number of pyridine rings is 1. The third-order valence-electron chi connectivity index (χ3n) is 4.54. The summed E-state index contributed by atoms with van der Waals surface area (Å²) in [6.45, 7) is 4.21. The van der Waals surface area contributed by atoms with Crippen LogP contribution >= 0.6 is 0 Å². The molecule has 2 aromatic heterocycles. The molecule has 0 aliphatic carbocycles. The zero-order valence-electron chi connectivity index (χ0n) is 14.7. The molecule has 2 heterocycles. The molecule has 136 valence electrons. The van der Waals surface area contributed by atoms with E-state index in [-0.39, 0.29) is 13.4 Å². The lowest BCUT2D eigenvalue weighted by Crippen LogP contribution is -2.23. The molecule has 4 nitrogen and oxygen atoms in total. The van der Waals surface area contributed by atoms with Gasteiger partial charge in [-0.1, -0.05) is 12.1 Å². The monoisotopic (exact) mass is 358 g/mol. The van der Waals surface area contributed by atoms with Crippen LogP contribution in [0.25, 0.3) is 10.9 Å². The van der Waals surface area contributed by atoms with Gasteiger partial charge in [0.05, 0.1) is 11.5 Å². The number of halogens is 2. The van der Waals surface area contributed by atoms with Gasteiger partial charge >= 0.3 is 5.92 Å². The van der Waals surface area contributed by atoms with Crippen LogP contribution in [0.4, 0.5) is 8.78 Å². The van der Waals surface area contributed by atoms with Crippen LogP contribution in [0.15, 0.2) is 45.6 Å². The average molecular weight is 358 g/mol. The van der Waals surface area contributed by atoms with Crippen molar-refractivity contribution in [3.05, 3.63) is 69.4 Å². The van der Waals surface area contributed by atoms with Crippen LogP contribution < -0.4 is 5.56 Å². The Morgan fingerprint density at radius 2 is 1.96 bits per heavy atom. The normalized spacial score (nSPS) is 14.2. The van der Waals surface area contributed by atoms with Crippen LogP contribution in [0, 0.1) is 18.3 Å². The SMILES string of the molecule is Cc1cc2ccc(C(C)(C#N)Cc3ccc(C(C)(F)F)o3)cc2[nH]c1=O.[HH]. The fourth-order valence-corrected chi connectivity index (χ4v) is 2.92. The van der Waals surface area contributed by atoms with Crippen LogP contribution in [0.1, 0.15) is 37.9 Å². The highest BCUT2D eigenvalue weighted by molar-refractivity contribution is 5.80. The maximum atomic E-state index is 13.4. The highest BCUT2D eigenvalue weighted by atomic mass is 19.3. The first-order chi connectivity index (χ1) is 12.1. The van der Waals surface area contributed by atoms with E-state index in [0.717, 1.165) is 12.3 Å². The quantitative estimate of drug-likeness (QED) is 0.727. The molecule has 26 heavy (non-hydrogen) atoms. The standard InChI is InChI=1S/C20H18F2N2O2.H2/c1-12-8-13-4-5-14(9-16(13)24-18(12)25)19(2,11-23)10-15-6-7-17(26-15)20(3,21)22;/h4-9H,10H2,1-3H3,(H,24,25);1H. The smallest absolute Gasteiger partial charge is 0.301 e. The van der Waals surface area contributed by atoms with E-state index in [1.807, 2.05) is 12.1 Å². The Morgan fingerprint density at radius 1 is 1.23 bits per heavy atom. The number of nitrogens with one attached hydrogen (secondary N) is 1. The maximum Gasteiger partial charge on any atom is 0.301 e. The number of H-pyrrole nitrogens is 1. The van der Waals surface area contributed by atoms with Crippen LogP contribution in [-0.4, -0.2) is 4.98 Å². The Hall–Kier alpha value is -2.94. The second-order valence-electron chi connectivity index (χ2n) is 6.86. The Labute approximate surface area is 150 Å². The molecule has 0 saturated heterocycles. The molecule has 0 radical (unpaired) electrons. The van der Waals surface area contributed by atoms with Gasteiger partial charge in [0.2, 0.25) is 0 Å². The van der Waals surface area contributed by atoms with Crippen molar-refractivity contribution in [3.63, 3.8) is 0 Å². The van der Waals surface area contributed by atoms with E-state index in [1.165, 1.54) is 12.1 Å². The van der Waals surface area contributed by atoms with Gasteiger partial charge in [0, 0.05) is 25.9 Å². The second kappa shape index (κ2) is 6.10. The summed E-state index contributed by atoms with van der Waals surface area (Å²) in [5, 5.41) is 10.6. The molecule has 1 unspecified atom stereocenters. The Kier molecular flexibility index (Phi) is 4.19. The number of alkyl halides is 2. The lowest BCUT2D eigenvalue weighted by molar-refractivity contribution is -0.00639. The van der Waals surface area contributed by atoms with Crippen LogP contribution in [0.5, 0.6) is 0 Å². The fourth-order valence-electron chi connectivity index (χ4n) is 2.92. The summed E-state index contributed by atoms with van der Waals surface area (Å²) in [6.07, 6.45) is 0.140. The van der Waals surface area contributed by atoms with Crippen molar-refractivity contribution in [1.82, 2.24) is 4.98 Å². The van der Waals surface area contributed by atoms with E-state index < -0.39 is 17.1 Å². The summed E-state index contributed by atoms with van der Waals surface area (Å²) < 4.78 is 31.9. The molecule has 3 aromatic rings. The minimum Gasteiger partial charge on any atom is -0.460 e. The van der Waals surface area contributed by atoms with Gasteiger partial charge in [0.1, 0.15) is 5.76 Å². The summed E-state index contributed by atoms with van der Waals surface area (Å²) >= 11 is 0. The van der Waals surface area contributed by atoms with E-state index in [9.17, 15) is 18.8 Å². The molecule has 0 amide bonds. The van der Waals surface area contributed by atoms with E-state index in [0.29, 0.717) is 22.4 Å². The molecular weight excluding hydrogens is 338 g/mol. The number of aryl methyl sites for hydroxylation is 1. The lowest BCUT2D eigenvalue weighted by atomic mass is 9.80. The summed E-state index contributed by atoms with van der Waals surface area (Å²) in [4.78, 5) is 14.6. The summed E-state index contributed by atoms with van der Waals surface area (Å²) in [7, 11) is 0. The molecule has 1 aromatic carbocycles. The van der Waals surface area contributed by atoms with Crippen molar-refractivity contribution < 1.29 is 14.6 Å². The van der Waals surface area contributed by atoms with Crippen molar-refractivity contribution in [2.75, 3.05) is 0 Å². The van der Waals surface area contributed by atoms with Gasteiger partial charge in [-0.2, -0.15) is 14.0 Å². The largest absolute Gasteiger partial charge is 0.460 e. The van der Waals surface area contributed by atoms with Crippen LogP contribution in [0.2, 0.25) is 0 Å². The maximum absolute atomic E-state index is 13.4. The second-order valence-corrected chi connectivity index (χ2v) is 6.86. The van der Waals surface area contributed by atoms with Crippen molar-refractivity contribution in [1.29, 1.82) is 5.26 Å². The van der Waals surface area contributed by atoms with Gasteiger partial charge < -0.3 is 9.40 Å². The third kappa shape index (κ3) is 3.25. The van der Waals surface area contributed by atoms with E-state index >= 15 is 0 Å². The van der Waals surface area contributed by atoms with Crippen LogP contribution in [0.3, 0.4) is 0 Å². The van der Waals surface area contributed by atoms with Gasteiger partial charge in [-0.15, -0.1) is 0 Å². The van der Waals surface area contributed by atoms with Gasteiger partial charge in [0.15, 0.2) is 5.76 Å². The van der Waals surface area contributed by atoms with Crippen molar-refractivity contribution in [2.24, 2.45) is 0 Å². The Morgan fingerprint density at radius 3 is 2.58 bits per heavy atom. The number of furan rings is 1. The number of nitrogens with zero attached hydrogens (tertiary/aromatic N) is 1. The number of fused-ring (bicyclic) bond motifs is 1. The topological polar surface area (TPSA) is 69.8 Å². The van der Waals surface area contributed by atoms with E-state index in [4.69, 9.17) is 4.42 Å². The highest BCUT2D eigenvalue weighted by Gasteiger charge is 2.32. The van der Waals surface area contributed by atoms with Gasteiger partial charge in [-0.3, -0.25) is 4.79 Å². The summed E-state index contributed by atoms with van der Waals surface area (Å²) in [5.41, 5.74) is 0.729. The van der Waals surface area contributed by atoms with E-state index in [1.54, 1.807) is 26.0 Å². The Balaban J connectivity index is 0.00000261. The number of hydrogen-bond acceptors (Lipinski definition) is 3. The summed E-state index contributed by atoms with van der Waals surface area (Å²) in [5.74, 6) is -3.18. The molecule has 0 bridgehead atoms. The Bertz CT molecular complexity index is 1080. The molecule has 1 N–H and O–H groups in total. The van der Waals surface area contributed by atoms with E-state index in [2.05, 4.69) is 11.1 Å². The number of aromatic amines is 1. The first kappa shape index (κ1) is 17.9. The van der Waals surface area contributed by atoms with Crippen LogP contribution in [-0.2, 0) is 17.8 Å². The van der Waals surface area contributed by atoms with Gasteiger partial charge in [-0.05, 0) is 49.1 Å². The minimum atomic E-state index is -3.07. The summed E-state index contributed by atoms with van der Waals surface area (Å²) in [6, 6.07) is 12.1. The number of nitriles is 1. The minimum absolute atomic E-state index is 0. The molecule has 3 rings (SSSR count). The number of rotatable bonds is 4.